The lowest BCUT2D eigenvalue weighted by Gasteiger charge is -2.07. The van der Waals surface area contributed by atoms with Gasteiger partial charge in [-0.2, -0.15) is 0 Å². The molecule has 0 N–H and O–H groups in total. The molecule has 20 heavy (non-hydrogen) atoms. The van der Waals surface area contributed by atoms with Crippen LogP contribution in [0.5, 0.6) is 11.8 Å². The second-order valence-electron chi connectivity index (χ2n) is 4.10. The van der Waals surface area contributed by atoms with Crippen LogP contribution in [0.15, 0.2) is 54.9 Å². The van der Waals surface area contributed by atoms with E-state index in [2.05, 4.69) is 16.0 Å². The molecule has 0 radical (unpaired) electrons. The fourth-order valence-corrected chi connectivity index (χ4v) is 1.88. The van der Waals surface area contributed by atoms with Crippen molar-refractivity contribution in [3.05, 3.63) is 59.9 Å². The summed E-state index contributed by atoms with van der Waals surface area (Å²) in [4.78, 5) is 7.83. The molecule has 0 aliphatic rings. The molecule has 0 amide bonds. The first kappa shape index (κ1) is 12.7. The quantitative estimate of drug-likeness (QED) is 0.686. The van der Waals surface area contributed by atoms with E-state index >= 15 is 0 Å². The van der Waals surface area contributed by atoms with Gasteiger partial charge in [-0.15, -0.1) is 0 Å². The summed E-state index contributed by atoms with van der Waals surface area (Å²) >= 11 is 5.69. The largest absolute Gasteiger partial charge is 0.457 e. The number of nitrogens with zero attached hydrogens (tertiary/aromatic N) is 2. The van der Waals surface area contributed by atoms with Crippen LogP contribution in [0, 0.1) is 0 Å². The Kier molecular flexibility index (Phi) is 3.65. The van der Waals surface area contributed by atoms with Crippen molar-refractivity contribution in [2.45, 2.75) is 0 Å². The Morgan fingerprint density at radius 3 is 2.45 bits per heavy atom. The second kappa shape index (κ2) is 5.75. The molecule has 1 heterocycles. The van der Waals surface area contributed by atoms with Gasteiger partial charge in [-0.1, -0.05) is 41.9 Å². The zero-order valence-corrected chi connectivity index (χ0v) is 11.2. The first-order valence-corrected chi connectivity index (χ1v) is 6.41. The Bertz CT molecular complexity index is 716. The lowest BCUT2D eigenvalue weighted by molar-refractivity contribution is 0.110. The van der Waals surface area contributed by atoms with E-state index in [-0.39, 0.29) is 12.8 Å². The average Bonchev–Trinajstić information content (AvgIpc) is 2.49. The van der Waals surface area contributed by atoms with E-state index in [1.807, 2.05) is 36.4 Å². The van der Waals surface area contributed by atoms with Crippen molar-refractivity contribution in [1.29, 1.82) is 0 Å². The van der Waals surface area contributed by atoms with Gasteiger partial charge >= 0.3 is 6.01 Å². The zero-order valence-electron chi connectivity index (χ0n) is 10.5. The van der Waals surface area contributed by atoms with Gasteiger partial charge in [-0.3, -0.25) is 0 Å². The van der Waals surface area contributed by atoms with Crippen LogP contribution in [-0.2, 0) is 0 Å². The Morgan fingerprint density at radius 2 is 1.65 bits per heavy atom. The molecule has 0 spiro atoms. The number of halogens is 1. The smallest absolute Gasteiger partial charge is 0.319 e. The molecule has 3 aromatic rings. The summed E-state index contributed by atoms with van der Waals surface area (Å²) in [6, 6.07) is 14.2. The minimum absolute atomic E-state index is 0.0416. The molecule has 100 valence electrons. The standard InChI is InChI=1S/C15H11ClN2O2/c16-13-8-17-15(18-9-13)20-10-19-14-6-5-11-3-1-2-4-12(11)7-14/h1-9H,10H2. The van der Waals surface area contributed by atoms with Crippen molar-refractivity contribution in [2.24, 2.45) is 0 Å². The molecule has 3 rings (SSSR count). The Morgan fingerprint density at radius 1 is 0.900 bits per heavy atom. The summed E-state index contributed by atoms with van der Waals surface area (Å²) in [5.74, 6) is 0.734. The lowest BCUT2D eigenvalue weighted by Crippen LogP contribution is -2.07. The Balaban J connectivity index is 1.63. The van der Waals surface area contributed by atoms with Crippen LogP contribution in [0.2, 0.25) is 5.02 Å². The van der Waals surface area contributed by atoms with Gasteiger partial charge in [0.15, 0.2) is 0 Å². The summed E-state index contributed by atoms with van der Waals surface area (Å²) < 4.78 is 10.8. The molecule has 2 aromatic carbocycles. The molecule has 0 unspecified atom stereocenters. The molecular weight excluding hydrogens is 276 g/mol. The monoisotopic (exact) mass is 286 g/mol. The Labute approximate surface area is 121 Å². The predicted molar refractivity (Wildman–Crippen MR) is 77.1 cm³/mol. The van der Waals surface area contributed by atoms with Gasteiger partial charge in [0.25, 0.3) is 0 Å². The van der Waals surface area contributed by atoms with Crippen LogP contribution in [0.1, 0.15) is 0 Å². The summed E-state index contributed by atoms with van der Waals surface area (Å²) in [5, 5.41) is 2.75. The minimum atomic E-state index is 0.0416. The van der Waals surface area contributed by atoms with Crippen LogP contribution in [0.4, 0.5) is 0 Å². The van der Waals surface area contributed by atoms with E-state index in [0.29, 0.717) is 5.02 Å². The molecule has 5 heteroatoms. The van der Waals surface area contributed by atoms with Crippen molar-refractivity contribution in [1.82, 2.24) is 9.97 Å². The first-order chi connectivity index (χ1) is 9.81. The number of rotatable bonds is 4. The second-order valence-corrected chi connectivity index (χ2v) is 4.54. The summed E-state index contributed by atoms with van der Waals surface area (Å²) in [6.07, 6.45) is 2.94. The van der Waals surface area contributed by atoms with Crippen molar-refractivity contribution in [3.8, 4) is 11.8 Å². The summed E-state index contributed by atoms with van der Waals surface area (Å²) in [7, 11) is 0. The van der Waals surface area contributed by atoms with Gasteiger partial charge in [0.2, 0.25) is 6.79 Å². The molecule has 0 fully saturated rings. The molecule has 0 bridgehead atoms. The van der Waals surface area contributed by atoms with E-state index in [4.69, 9.17) is 21.1 Å². The number of ether oxygens (including phenoxy) is 2. The highest BCUT2D eigenvalue weighted by molar-refractivity contribution is 6.30. The molecule has 4 nitrogen and oxygen atoms in total. The molecule has 0 aliphatic heterocycles. The number of hydrogen-bond acceptors (Lipinski definition) is 4. The lowest BCUT2D eigenvalue weighted by atomic mass is 10.1. The topological polar surface area (TPSA) is 44.2 Å². The van der Waals surface area contributed by atoms with Crippen LogP contribution in [0.25, 0.3) is 10.8 Å². The van der Waals surface area contributed by atoms with Gasteiger partial charge < -0.3 is 9.47 Å². The highest BCUT2D eigenvalue weighted by atomic mass is 35.5. The van der Waals surface area contributed by atoms with Gasteiger partial charge in [-0.25, -0.2) is 9.97 Å². The highest BCUT2D eigenvalue weighted by Gasteiger charge is 1.99. The van der Waals surface area contributed by atoms with Crippen molar-refractivity contribution in [2.75, 3.05) is 6.79 Å². The molecular formula is C15H11ClN2O2. The highest BCUT2D eigenvalue weighted by Crippen LogP contribution is 2.20. The van der Waals surface area contributed by atoms with Gasteiger partial charge in [-0.05, 0) is 22.9 Å². The third-order valence-corrected chi connectivity index (χ3v) is 2.93. The normalized spacial score (nSPS) is 10.4. The maximum Gasteiger partial charge on any atom is 0.319 e. The average molecular weight is 287 g/mol. The van der Waals surface area contributed by atoms with Gasteiger partial charge in [0, 0.05) is 0 Å². The predicted octanol–water partition coefficient (Wildman–Crippen LogP) is 3.70. The first-order valence-electron chi connectivity index (χ1n) is 6.03. The number of benzene rings is 2. The fraction of sp³-hybridized carbons (Fsp3) is 0.0667. The molecule has 0 aliphatic carbocycles. The maximum atomic E-state index is 5.69. The van der Waals surface area contributed by atoms with Gasteiger partial charge in [0.05, 0.1) is 17.4 Å². The Hall–Kier alpha value is -2.33. The van der Waals surface area contributed by atoms with E-state index in [1.165, 1.54) is 17.8 Å². The van der Waals surface area contributed by atoms with Crippen molar-refractivity contribution < 1.29 is 9.47 Å². The number of hydrogen-bond donors (Lipinski definition) is 0. The van der Waals surface area contributed by atoms with E-state index in [9.17, 15) is 0 Å². The maximum absolute atomic E-state index is 5.69. The summed E-state index contributed by atoms with van der Waals surface area (Å²) in [5.41, 5.74) is 0. The van der Waals surface area contributed by atoms with Crippen LogP contribution in [0.3, 0.4) is 0 Å². The van der Waals surface area contributed by atoms with Crippen LogP contribution in [-0.4, -0.2) is 16.8 Å². The number of aromatic nitrogens is 2. The van der Waals surface area contributed by atoms with Crippen LogP contribution < -0.4 is 9.47 Å². The van der Waals surface area contributed by atoms with Gasteiger partial charge in [0.1, 0.15) is 5.75 Å². The molecule has 1 aromatic heterocycles. The van der Waals surface area contributed by atoms with Crippen molar-refractivity contribution >= 4 is 22.4 Å². The summed E-state index contributed by atoms with van der Waals surface area (Å²) in [6.45, 7) is 0.0416. The minimum Gasteiger partial charge on any atom is -0.457 e. The van der Waals surface area contributed by atoms with Crippen LogP contribution >= 0.6 is 11.6 Å². The number of fused-ring (bicyclic) bond motifs is 1. The molecule has 0 atom stereocenters. The third kappa shape index (κ3) is 2.97. The van der Waals surface area contributed by atoms with Crippen molar-refractivity contribution in [3.63, 3.8) is 0 Å². The van der Waals surface area contributed by atoms with E-state index in [0.717, 1.165) is 11.1 Å². The molecule has 0 saturated heterocycles. The SMILES string of the molecule is Clc1cnc(OCOc2ccc3ccccc3c2)nc1. The zero-order chi connectivity index (χ0) is 13.8. The third-order valence-electron chi connectivity index (χ3n) is 2.73. The van der Waals surface area contributed by atoms with E-state index in [1.54, 1.807) is 0 Å². The van der Waals surface area contributed by atoms with E-state index < -0.39 is 0 Å². The fourth-order valence-electron chi connectivity index (χ4n) is 1.78. The molecule has 0 saturated carbocycles.